The summed E-state index contributed by atoms with van der Waals surface area (Å²) in [6.45, 7) is -0.615. The molecule has 1 aromatic heterocycles. The number of pyridine rings is 1. The smallest absolute Gasteiger partial charge is 0.252 e. The molecule has 146 valence electrons. The van der Waals surface area contributed by atoms with Crippen molar-refractivity contribution in [1.29, 1.82) is 0 Å². The number of halogens is 2. The molecule has 1 aliphatic heterocycles. The minimum atomic E-state index is -0.861. The van der Waals surface area contributed by atoms with Crippen LogP contribution in [0.25, 0.3) is 0 Å². The van der Waals surface area contributed by atoms with Gasteiger partial charge in [-0.2, -0.15) is 0 Å². The largest absolute Gasteiger partial charge is 0.339 e. The Balaban J connectivity index is 1.66. The third-order valence-corrected chi connectivity index (χ3v) is 4.80. The zero-order valence-electron chi connectivity index (χ0n) is 15.3. The zero-order valence-corrected chi connectivity index (χ0v) is 15.3. The fraction of sp³-hybridized carbons (Fsp3) is 0.136. The lowest BCUT2D eigenvalue weighted by Crippen LogP contribution is -2.30. The highest BCUT2D eigenvalue weighted by atomic mass is 19.1. The highest BCUT2D eigenvalue weighted by Crippen LogP contribution is 2.26. The van der Waals surface area contributed by atoms with Gasteiger partial charge in [0.1, 0.15) is 18.2 Å². The molecule has 2 aromatic carbocycles. The van der Waals surface area contributed by atoms with Gasteiger partial charge in [0.15, 0.2) is 0 Å². The van der Waals surface area contributed by atoms with Gasteiger partial charge in [0.05, 0.1) is 12.5 Å². The maximum absolute atomic E-state index is 14.4. The number of hydrogen-bond donors (Lipinski definition) is 2. The van der Waals surface area contributed by atoms with Crippen molar-refractivity contribution >= 4 is 17.5 Å². The number of amides is 2. The van der Waals surface area contributed by atoms with Gasteiger partial charge in [-0.05, 0) is 41.0 Å². The normalized spacial score (nSPS) is 13.5. The van der Waals surface area contributed by atoms with Crippen LogP contribution >= 0.6 is 0 Å². The maximum Gasteiger partial charge on any atom is 0.252 e. The average Bonchev–Trinajstić information content (AvgIpc) is 3.12. The summed E-state index contributed by atoms with van der Waals surface area (Å²) in [7, 11) is 0. The van der Waals surface area contributed by atoms with E-state index in [1.807, 2.05) is 0 Å². The lowest BCUT2D eigenvalue weighted by molar-refractivity contribution is -0.115. The number of carbonyl (C=O) groups is 2. The molecule has 5 nitrogen and oxygen atoms in total. The minimum absolute atomic E-state index is 0.0586. The maximum atomic E-state index is 14.4. The Kier molecular flexibility index (Phi) is 5.03. The molecule has 3 aromatic rings. The van der Waals surface area contributed by atoms with Crippen molar-refractivity contribution in [1.82, 2.24) is 10.3 Å². The number of alkyl halides is 1. The van der Waals surface area contributed by atoms with Crippen LogP contribution in [0.5, 0.6) is 0 Å². The summed E-state index contributed by atoms with van der Waals surface area (Å²) in [5.74, 6) is -1.13. The van der Waals surface area contributed by atoms with E-state index < -0.39 is 24.4 Å². The van der Waals surface area contributed by atoms with Gasteiger partial charge in [0.25, 0.3) is 5.91 Å². The monoisotopic (exact) mass is 393 g/mol. The number of nitrogens with zero attached hydrogens (tertiary/aromatic N) is 1. The summed E-state index contributed by atoms with van der Waals surface area (Å²) in [6, 6.07) is 13.2. The summed E-state index contributed by atoms with van der Waals surface area (Å²) >= 11 is 0. The number of nitrogens with one attached hydrogen (secondary N) is 2. The van der Waals surface area contributed by atoms with E-state index in [4.69, 9.17) is 0 Å². The molecular weight excluding hydrogens is 376 g/mol. The Labute approximate surface area is 165 Å². The molecule has 0 aliphatic carbocycles. The van der Waals surface area contributed by atoms with Gasteiger partial charge in [-0.3, -0.25) is 14.6 Å². The van der Waals surface area contributed by atoms with E-state index in [-0.39, 0.29) is 18.0 Å². The van der Waals surface area contributed by atoms with Crippen LogP contribution in [0, 0.1) is 5.82 Å². The van der Waals surface area contributed by atoms with Gasteiger partial charge < -0.3 is 10.6 Å². The minimum Gasteiger partial charge on any atom is -0.339 e. The van der Waals surface area contributed by atoms with Crippen LogP contribution in [-0.2, 0) is 17.9 Å². The van der Waals surface area contributed by atoms with E-state index in [1.165, 1.54) is 18.3 Å². The number of fused-ring (bicyclic) bond motifs is 1. The van der Waals surface area contributed by atoms with Gasteiger partial charge in [0, 0.05) is 17.4 Å². The summed E-state index contributed by atoms with van der Waals surface area (Å²) in [5, 5.41) is 5.50. The Hall–Kier alpha value is -3.61. The Morgan fingerprint density at radius 2 is 1.97 bits per heavy atom. The summed E-state index contributed by atoms with van der Waals surface area (Å²) < 4.78 is 27.3. The standard InChI is InChI=1S/C22H17F2N3O2/c23-12-13-3-5-14(6-4-13)20(21-17(24)2-1-9-25-21)27-22(29)16-8-7-15-11-19(28)26-18(15)10-16/h1-10,20H,11-12H2,(H,26,28)(H,27,29)/t20-/m0/s1. The molecule has 4 rings (SSSR count). The molecule has 2 N–H and O–H groups in total. The predicted molar refractivity (Wildman–Crippen MR) is 104 cm³/mol. The van der Waals surface area contributed by atoms with Crippen molar-refractivity contribution in [2.75, 3.05) is 5.32 Å². The first-order valence-electron chi connectivity index (χ1n) is 9.04. The number of aromatic nitrogens is 1. The molecule has 0 radical (unpaired) electrons. The number of carbonyl (C=O) groups excluding carboxylic acids is 2. The Bertz CT molecular complexity index is 1080. The van der Waals surface area contributed by atoms with E-state index in [0.717, 1.165) is 5.56 Å². The Morgan fingerprint density at radius 1 is 1.17 bits per heavy atom. The van der Waals surface area contributed by atoms with Crippen LogP contribution in [0.3, 0.4) is 0 Å². The van der Waals surface area contributed by atoms with Gasteiger partial charge >= 0.3 is 0 Å². The second kappa shape index (κ2) is 7.79. The topological polar surface area (TPSA) is 71.1 Å². The molecule has 1 atom stereocenters. The molecule has 2 amide bonds. The molecule has 0 spiro atoms. The lowest BCUT2D eigenvalue weighted by Gasteiger charge is -2.20. The van der Waals surface area contributed by atoms with Crippen LogP contribution in [0.1, 0.15) is 38.8 Å². The van der Waals surface area contributed by atoms with Crippen molar-refractivity contribution in [2.45, 2.75) is 19.1 Å². The molecule has 29 heavy (non-hydrogen) atoms. The lowest BCUT2D eigenvalue weighted by atomic mass is 10.0. The highest BCUT2D eigenvalue weighted by Gasteiger charge is 2.24. The third-order valence-electron chi connectivity index (χ3n) is 4.80. The first-order valence-corrected chi connectivity index (χ1v) is 9.04. The zero-order chi connectivity index (χ0) is 20.4. The van der Waals surface area contributed by atoms with Crippen molar-refractivity contribution in [2.24, 2.45) is 0 Å². The van der Waals surface area contributed by atoms with Crippen molar-refractivity contribution in [3.63, 3.8) is 0 Å². The van der Waals surface area contributed by atoms with Crippen LogP contribution in [0.4, 0.5) is 14.5 Å². The van der Waals surface area contributed by atoms with Crippen LogP contribution in [-0.4, -0.2) is 16.8 Å². The van der Waals surface area contributed by atoms with Gasteiger partial charge in [-0.25, -0.2) is 8.78 Å². The van der Waals surface area contributed by atoms with E-state index in [1.54, 1.807) is 42.5 Å². The van der Waals surface area contributed by atoms with E-state index in [2.05, 4.69) is 15.6 Å². The van der Waals surface area contributed by atoms with Crippen LogP contribution in [0.2, 0.25) is 0 Å². The number of anilines is 1. The average molecular weight is 393 g/mol. The van der Waals surface area contributed by atoms with Crippen molar-refractivity contribution in [3.8, 4) is 0 Å². The molecule has 0 fully saturated rings. The van der Waals surface area contributed by atoms with Crippen LogP contribution < -0.4 is 10.6 Å². The fourth-order valence-corrected chi connectivity index (χ4v) is 3.29. The second-order valence-electron chi connectivity index (χ2n) is 6.75. The van der Waals surface area contributed by atoms with Crippen molar-refractivity contribution in [3.05, 3.63) is 94.6 Å². The molecule has 1 aliphatic rings. The van der Waals surface area contributed by atoms with E-state index in [0.29, 0.717) is 22.4 Å². The predicted octanol–water partition coefficient (Wildman–Crippen LogP) is 3.70. The number of hydrogen-bond acceptors (Lipinski definition) is 3. The molecule has 0 saturated heterocycles. The summed E-state index contributed by atoms with van der Waals surface area (Å²) in [6.07, 6.45) is 1.72. The molecular formula is C22H17F2N3O2. The Morgan fingerprint density at radius 3 is 2.69 bits per heavy atom. The van der Waals surface area contributed by atoms with E-state index in [9.17, 15) is 18.4 Å². The molecule has 0 bridgehead atoms. The summed E-state index contributed by atoms with van der Waals surface area (Å²) in [5.41, 5.74) is 2.85. The van der Waals surface area contributed by atoms with Gasteiger partial charge in [-0.1, -0.05) is 30.3 Å². The van der Waals surface area contributed by atoms with E-state index >= 15 is 0 Å². The van der Waals surface area contributed by atoms with Crippen molar-refractivity contribution < 1.29 is 18.4 Å². The number of benzene rings is 2. The fourth-order valence-electron chi connectivity index (χ4n) is 3.29. The first kappa shape index (κ1) is 18.7. The number of rotatable bonds is 5. The highest BCUT2D eigenvalue weighted by molar-refractivity contribution is 6.02. The third kappa shape index (κ3) is 3.85. The summed E-state index contributed by atoms with van der Waals surface area (Å²) in [4.78, 5) is 28.5. The molecule has 2 heterocycles. The molecule has 7 heteroatoms. The second-order valence-corrected chi connectivity index (χ2v) is 6.75. The first-order chi connectivity index (χ1) is 14.0. The molecule has 0 unspecified atom stereocenters. The molecule has 0 saturated carbocycles. The SMILES string of the molecule is O=C1Cc2ccc(C(=O)N[C@@H](c3ccc(CF)cc3)c3ncccc3F)cc2N1. The van der Waals surface area contributed by atoms with Gasteiger partial charge in [0.2, 0.25) is 5.91 Å². The van der Waals surface area contributed by atoms with Gasteiger partial charge in [-0.15, -0.1) is 0 Å². The quantitative estimate of drug-likeness (QED) is 0.694. The van der Waals surface area contributed by atoms with Crippen LogP contribution in [0.15, 0.2) is 60.8 Å².